The molecule has 5 rings (SSSR count). The topological polar surface area (TPSA) is 29.5 Å². The number of hydrogen-bond acceptors (Lipinski definition) is 2. The van der Waals surface area contributed by atoms with Gasteiger partial charge in [0.2, 0.25) is 0 Å². The summed E-state index contributed by atoms with van der Waals surface area (Å²) in [6, 6.07) is 0. The van der Waals surface area contributed by atoms with Crippen LogP contribution in [0.25, 0.3) is 0 Å². The fraction of sp³-hybridized carbons (Fsp3) is 0.923. The summed E-state index contributed by atoms with van der Waals surface area (Å²) in [5, 5.41) is 10.3. The van der Waals surface area contributed by atoms with Crippen molar-refractivity contribution in [2.45, 2.75) is 104 Å². The molecule has 5 aliphatic rings. The summed E-state index contributed by atoms with van der Waals surface area (Å²) >= 11 is 0. The molecule has 0 aromatic carbocycles. The van der Waals surface area contributed by atoms with Crippen LogP contribution in [0.2, 0.25) is 0 Å². The molecule has 1 saturated heterocycles. The number of aliphatic hydroxyl groups excluding tert-OH is 1. The largest absolute Gasteiger partial charge is 0.393 e. The first kappa shape index (κ1) is 19.6. The average molecular weight is 387 g/mol. The summed E-state index contributed by atoms with van der Waals surface area (Å²) in [6.07, 6.45) is 16.8. The molecule has 4 saturated carbocycles. The third-order valence-corrected chi connectivity index (χ3v) is 10.8. The second-order valence-electron chi connectivity index (χ2n) is 11.8. The summed E-state index contributed by atoms with van der Waals surface area (Å²) in [5.74, 6) is 4.91. The van der Waals surface area contributed by atoms with Crippen molar-refractivity contribution in [1.29, 1.82) is 0 Å². The van der Waals surface area contributed by atoms with Crippen LogP contribution in [0.1, 0.15) is 85.5 Å². The van der Waals surface area contributed by atoms with Crippen molar-refractivity contribution in [2.24, 2.45) is 46.3 Å². The van der Waals surface area contributed by atoms with Gasteiger partial charge in [-0.25, -0.2) is 0 Å². The van der Waals surface area contributed by atoms with Gasteiger partial charge in [0.25, 0.3) is 0 Å². The van der Waals surface area contributed by atoms with Gasteiger partial charge in [-0.05, 0) is 111 Å². The Morgan fingerprint density at radius 2 is 1.79 bits per heavy atom. The van der Waals surface area contributed by atoms with Crippen LogP contribution in [0.15, 0.2) is 12.2 Å². The molecular weight excluding hydrogens is 344 g/mol. The molecule has 11 atom stereocenters. The van der Waals surface area contributed by atoms with Gasteiger partial charge in [0.05, 0.1) is 18.3 Å². The van der Waals surface area contributed by atoms with E-state index in [4.69, 9.17) is 4.74 Å². The van der Waals surface area contributed by atoms with Gasteiger partial charge in [0, 0.05) is 0 Å². The molecule has 4 aliphatic carbocycles. The first-order valence-electron chi connectivity index (χ1n) is 12.3. The second kappa shape index (κ2) is 6.84. The smallest absolute Gasteiger partial charge is 0.0642 e. The summed E-state index contributed by atoms with van der Waals surface area (Å²) in [6.45, 7) is 9.86. The molecule has 1 N–H and O–H groups in total. The van der Waals surface area contributed by atoms with Gasteiger partial charge >= 0.3 is 0 Å². The quantitative estimate of drug-likeness (QED) is 0.591. The van der Waals surface area contributed by atoms with Crippen molar-refractivity contribution >= 4 is 0 Å². The van der Waals surface area contributed by atoms with Crippen LogP contribution in [0.5, 0.6) is 0 Å². The van der Waals surface area contributed by atoms with Crippen molar-refractivity contribution in [3.63, 3.8) is 0 Å². The van der Waals surface area contributed by atoms with E-state index in [9.17, 15) is 5.11 Å². The molecule has 1 aliphatic heterocycles. The Morgan fingerprint density at radius 1 is 1.00 bits per heavy atom. The lowest BCUT2D eigenvalue weighted by Gasteiger charge is -2.61. The van der Waals surface area contributed by atoms with Gasteiger partial charge in [-0.15, -0.1) is 0 Å². The van der Waals surface area contributed by atoms with Crippen molar-refractivity contribution in [2.75, 3.05) is 0 Å². The third kappa shape index (κ3) is 2.66. The minimum atomic E-state index is -0.0299. The van der Waals surface area contributed by atoms with Crippen molar-refractivity contribution in [3.8, 4) is 0 Å². The molecular formula is C26H42O2. The van der Waals surface area contributed by atoms with Crippen LogP contribution in [-0.4, -0.2) is 23.4 Å². The number of ether oxygens (including phenoxy) is 1. The van der Waals surface area contributed by atoms with E-state index in [-0.39, 0.29) is 6.10 Å². The van der Waals surface area contributed by atoms with E-state index in [0.717, 1.165) is 48.9 Å². The van der Waals surface area contributed by atoms with Gasteiger partial charge in [0.15, 0.2) is 0 Å². The van der Waals surface area contributed by atoms with E-state index >= 15 is 0 Å². The zero-order valence-electron chi connectivity index (χ0n) is 18.6. The molecule has 0 aromatic heterocycles. The highest BCUT2D eigenvalue weighted by Gasteiger charge is 2.65. The normalized spacial score (nSPS) is 58.2. The maximum Gasteiger partial charge on any atom is 0.0642 e. The maximum atomic E-state index is 10.3. The standard InChI is InChI=1S/C26H42O2/c1-5-6-7-22-16(2)24-23(28-22)15-21-19-9-8-17-14-18(27)10-12-25(17,3)20(19)11-13-26(21,24)4/h5-6,16-24,27H,7-15H2,1-4H3/b6-5+. The summed E-state index contributed by atoms with van der Waals surface area (Å²) in [5.41, 5.74) is 0.982. The summed E-state index contributed by atoms with van der Waals surface area (Å²) in [4.78, 5) is 0. The molecule has 0 spiro atoms. The molecule has 0 radical (unpaired) electrons. The molecule has 28 heavy (non-hydrogen) atoms. The molecule has 158 valence electrons. The van der Waals surface area contributed by atoms with Crippen LogP contribution in [0.3, 0.4) is 0 Å². The van der Waals surface area contributed by atoms with E-state index < -0.39 is 0 Å². The Morgan fingerprint density at radius 3 is 2.57 bits per heavy atom. The van der Waals surface area contributed by atoms with Gasteiger partial charge < -0.3 is 9.84 Å². The van der Waals surface area contributed by atoms with Crippen molar-refractivity contribution in [3.05, 3.63) is 12.2 Å². The summed E-state index contributed by atoms with van der Waals surface area (Å²) < 4.78 is 6.70. The average Bonchev–Trinajstić information content (AvgIpc) is 3.14. The minimum Gasteiger partial charge on any atom is -0.393 e. The number of allylic oxidation sites excluding steroid dienone is 1. The lowest BCUT2D eigenvalue weighted by Crippen LogP contribution is -2.54. The highest BCUT2D eigenvalue weighted by atomic mass is 16.5. The zero-order valence-corrected chi connectivity index (χ0v) is 18.6. The molecule has 5 fully saturated rings. The summed E-state index contributed by atoms with van der Waals surface area (Å²) in [7, 11) is 0. The SMILES string of the molecule is C/C=C/CC1OC2CC3C4CCC5CC(O)CCC5(C)C4CCC3(C)C2C1C. The Balaban J connectivity index is 1.38. The van der Waals surface area contributed by atoms with Gasteiger partial charge in [0.1, 0.15) is 0 Å². The molecule has 2 heteroatoms. The molecule has 0 amide bonds. The Labute approximate surface area is 172 Å². The number of fused-ring (bicyclic) bond motifs is 7. The van der Waals surface area contributed by atoms with Crippen molar-refractivity contribution < 1.29 is 9.84 Å². The number of rotatable bonds is 2. The van der Waals surface area contributed by atoms with E-state index in [2.05, 4.69) is 39.8 Å². The van der Waals surface area contributed by atoms with Crippen LogP contribution in [0, 0.1) is 46.3 Å². The predicted octanol–water partition coefficient (Wildman–Crippen LogP) is 5.99. The fourth-order valence-corrected chi connectivity index (χ4v) is 9.46. The second-order valence-corrected chi connectivity index (χ2v) is 11.8. The van der Waals surface area contributed by atoms with E-state index in [1.165, 1.54) is 38.5 Å². The minimum absolute atomic E-state index is 0.0299. The van der Waals surface area contributed by atoms with Gasteiger partial charge in [-0.2, -0.15) is 0 Å². The zero-order chi connectivity index (χ0) is 19.7. The van der Waals surface area contributed by atoms with Gasteiger partial charge in [-0.3, -0.25) is 0 Å². The van der Waals surface area contributed by atoms with Gasteiger partial charge in [-0.1, -0.05) is 32.9 Å². The maximum absolute atomic E-state index is 10.3. The molecule has 11 unspecified atom stereocenters. The van der Waals surface area contributed by atoms with E-state index in [1.807, 2.05) is 0 Å². The van der Waals surface area contributed by atoms with Crippen LogP contribution < -0.4 is 0 Å². The van der Waals surface area contributed by atoms with E-state index in [0.29, 0.717) is 29.0 Å². The lowest BCUT2D eigenvalue weighted by molar-refractivity contribution is -0.129. The highest BCUT2D eigenvalue weighted by molar-refractivity contribution is 5.14. The highest BCUT2D eigenvalue weighted by Crippen LogP contribution is 2.70. The predicted molar refractivity (Wildman–Crippen MR) is 114 cm³/mol. The monoisotopic (exact) mass is 386 g/mol. The van der Waals surface area contributed by atoms with E-state index in [1.54, 1.807) is 0 Å². The first-order chi connectivity index (χ1) is 13.4. The first-order valence-corrected chi connectivity index (χ1v) is 12.3. The van der Waals surface area contributed by atoms with Crippen LogP contribution >= 0.6 is 0 Å². The molecule has 1 heterocycles. The lowest BCUT2D eigenvalue weighted by atomic mass is 9.44. The number of hydrogen-bond donors (Lipinski definition) is 1. The van der Waals surface area contributed by atoms with Crippen LogP contribution in [0.4, 0.5) is 0 Å². The molecule has 2 nitrogen and oxygen atoms in total. The molecule has 0 aromatic rings. The Hall–Kier alpha value is -0.340. The Kier molecular flexibility index (Phi) is 4.79. The number of aliphatic hydroxyl groups is 1. The van der Waals surface area contributed by atoms with Crippen LogP contribution in [-0.2, 0) is 4.74 Å². The fourth-order valence-electron chi connectivity index (χ4n) is 9.46. The molecule has 0 bridgehead atoms. The van der Waals surface area contributed by atoms with Crippen molar-refractivity contribution in [1.82, 2.24) is 0 Å². The third-order valence-electron chi connectivity index (χ3n) is 10.8. The Bertz CT molecular complexity index is 628.